The lowest BCUT2D eigenvalue weighted by Gasteiger charge is -2.31. The van der Waals surface area contributed by atoms with Crippen molar-refractivity contribution in [1.29, 1.82) is 0 Å². The number of hydrogen-bond acceptors (Lipinski definition) is 4. The molecule has 0 saturated carbocycles. The maximum absolute atomic E-state index is 12.4. The third kappa shape index (κ3) is 6.30. The molecule has 0 aromatic heterocycles. The number of carbonyl (C=O) groups excluding carboxylic acids is 2. The first kappa shape index (κ1) is 19.0. The van der Waals surface area contributed by atoms with Gasteiger partial charge in [0.2, 0.25) is 0 Å². The third-order valence-electron chi connectivity index (χ3n) is 3.18. The van der Waals surface area contributed by atoms with E-state index >= 15 is 0 Å². The monoisotopic (exact) mass is 321 g/mol. The van der Waals surface area contributed by atoms with Crippen molar-refractivity contribution >= 4 is 12.1 Å². The summed E-state index contributed by atoms with van der Waals surface area (Å²) in [6, 6.07) is 8.87. The van der Waals surface area contributed by atoms with Gasteiger partial charge in [0.15, 0.2) is 0 Å². The van der Waals surface area contributed by atoms with E-state index in [-0.39, 0.29) is 6.61 Å². The predicted molar refractivity (Wildman–Crippen MR) is 89.2 cm³/mol. The lowest BCUT2D eigenvalue weighted by atomic mass is 10.0. The molecule has 1 atom stereocenters. The summed E-state index contributed by atoms with van der Waals surface area (Å²) < 4.78 is 10.6. The molecule has 5 heteroatoms. The Morgan fingerprint density at radius 3 is 2.22 bits per heavy atom. The minimum atomic E-state index is -0.697. The zero-order chi connectivity index (χ0) is 17.5. The van der Waals surface area contributed by atoms with Gasteiger partial charge in [-0.3, -0.25) is 4.90 Å². The maximum atomic E-state index is 12.4. The summed E-state index contributed by atoms with van der Waals surface area (Å²) in [6.45, 7) is 9.61. The van der Waals surface area contributed by atoms with Crippen molar-refractivity contribution in [1.82, 2.24) is 4.90 Å². The topological polar surface area (TPSA) is 55.8 Å². The van der Waals surface area contributed by atoms with Gasteiger partial charge in [-0.25, -0.2) is 9.59 Å². The molecule has 1 rings (SSSR count). The lowest BCUT2D eigenvalue weighted by Crippen LogP contribution is -2.48. The number of carbonyl (C=O) groups is 2. The SMILES string of the molecule is CCOC(=O)C(Cc1ccccc1)N(CC)C(=O)OC(C)(C)C. The molecule has 0 fully saturated rings. The molecule has 0 aliphatic rings. The van der Waals surface area contributed by atoms with Crippen LogP contribution in [0.4, 0.5) is 4.79 Å². The van der Waals surface area contributed by atoms with E-state index < -0.39 is 23.7 Å². The van der Waals surface area contributed by atoms with Gasteiger partial charge in [0, 0.05) is 13.0 Å². The Morgan fingerprint density at radius 1 is 1.13 bits per heavy atom. The van der Waals surface area contributed by atoms with E-state index in [9.17, 15) is 9.59 Å². The number of esters is 1. The molecular formula is C18H27NO4. The Balaban J connectivity index is 3.00. The summed E-state index contributed by atoms with van der Waals surface area (Å²) >= 11 is 0. The van der Waals surface area contributed by atoms with Gasteiger partial charge in [0.1, 0.15) is 11.6 Å². The van der Waals surface area contributed by atoms with Crippen molar-refractivity contribution in [3.05, 3.63) is 35.9 Å². The van der Waals surface area contributed by atoms with Gasteiger partial charge in [-0.2, -0.15) is 0 Å². The second-order valence-corrected chi connectivity index (χ2v) is 6.22. The van der Waals surface area contributed by atoms with E-state index in [0.29, 0.717) is 13.0 Å². The van der Waals surface area contributed by atoms with E-state index in [0.717, 1.165) is 5.56 Å². The van der Waals surface area contributed by atoms with Gasteiger partial charge in [-0.05, 0) is 40.2 Å². The van der Waals surface area contributed by atoms with E-state index in [4.69, 9.17) is 9.47 Å². The molecule has 0 radical (unpaired) electrons. The summed E-state index contributed by atoms with van der Waals surface area (Å²) in [5, 5.41) is 0. The molecule has 0 aliphatic carbocycles. The van der Waals surface area contributed by atoms with E-state index in [1.165, 1.54) is 4.90 Å². The van der Waals surface area contributed by atoms with Crippen LogP contribution in [0.5, 0.6) is 0 Å². The molecule has 128 valence electrons. The molecule has 0 aliphatic heterocycles. The zero-order valence-corrected chi connectivity index (χ0v) is 14.7. The fraction of sp³-hybridized carbons (Fsp3) is 0.556. The van der Waals surface area contributed by atoms with Crippen molar-refractivity contribution in [2.24, 2.45) is 0 Å². The Hall–Kier alpha value is -2.04. The second-order valence-electron chi connectivity index (χ2n) is 6.22. The van der Waals surface area contributed by atoms with Crippen LogP contribution in [0.3, 0.4) is 0 Å². The van der Waals surface area contributed by atoms with Crippen LogP contribution in [0.15, 0.2) is 30.3 Å². The molecule has 1 amide bonds. The molecular weight excluding hydrogens is 294 g/mol. The number of rotatable bonds is 6. The summed E-state index contributed by atoms with van der Waals surface area (Å²) in [5.74, 6) is -0.413. The summed E-state index contributed by atoms with van der Waals surface area (Å²) in [5.41, 5.74) is 0.351. The largest absolute Gasteiger partial charge is 0.464 e. The second kappa shape index (κ2) is 8.56. The summed E-state index contributed by atoms with van der Waals surface area (Å²) in [7, 11) is 0. The number of hydrogen-bond donors (Lipinski definition) is 0. The van der Waals surface area contributed by atoms with Crippen LogP contribution in [0.25, 0.3) is 0 Å². The first-order valence-corrected chi connectivity index (χ1v) is 7.98. The third-order valence-corrected chi connectivity index (χ3v) is 3.18. The molecule has 1 aromatic rings. The molecule has 0 spiro atoms. The Labute approximate surface area is 138 Å². The van der Waals surface area contributed by atoms with Crippen molar-refractivity contribution in [3.8, 4) is 0 Å². The highest BCUT2D eigenvalue weighted by Crippen LogP contribution is 2.16. The van der Waals surface area contributed by atoms with Crippen LogP contribution < -0.4 is 0 Å². The average Bonchev–Trinajstić information content (AvgIpc) is 2.46. The summed E-state index contributed by atoms with van der Waals surface area (Å²) in [4.78, 5) is 26.2. The van der Waals surface area contributed by atoms with E-state index in [1.807, 2.05) is 37.3 Å². The van der Waals surface area contributed by atoms with E-state index in [2.05, 4.69) is 0 Å². The Bertz CT molecular complexity index is 508. The minimum Gasteiger partial charge on any atom is -0.464 e. The van der Waals surface area contributed by atoms with Crippen LogP contribution in [-0.4, -0.2) is 41.8 Å². The fourth-order valence-corrected chi connectivity index (χ4v) is 2.19. The van der Waals surface area contributed by atoms with Gasteiger partial charge in [-0.15, -0.1) is 0 Å². The van der Waals surface area contributed by atoms with Crippen LogP contribution in [0.2, 0.25) is 0 Å². The molecule has 1 aromatic carbocycles. The van der Waals surface area contributed by atoms with Crippen LogP contribution in [0, 0.1) is 0 Å². The quantitative estimate of drug-likeness (QED) is 0.753. The van der Waals surface area contributed by atoms with Crippen molar-refractivity contribution in [3.63, 3.8) is 0 Å². The molecule has 0 saturated heterocycles. The Morgan fingerprint density at radius 2 is 1.74 bits per heavy atom. The molecule has 5 nitrogen and oxygen atoms in total. The molecule has 0 N–H and O–H groups in total. The highest BCUT2D eigenvalue weighted by atomic mass is 16.6. The normalized spacial score (nSPS) is 12.4. The van der Waals surface area contributed by atoms with Crippen LogP contribution >= 0.6 is 0 Å². The summed E-state index contributed by atoms with van der Waals surface area (Å²) in [6.07, 6.45) is -0.110. The number of amides is 1. The number of benzene rings is 1. The number of nitrogens with zero attached hydrogens (tertiary/aromatic N) is 1. The average molecular weight is 321 g/mol. The van der Waals surface area contributed by atoms with Crippen molar-refractivity contribution in [2.75, 3.05) is 13.2 Å². The van der Waals surface area contributed by atoms with Gasteiger partial charge in [0.25, 0.3) is 0 Å². The maximum Gasteiger partial charge on any atom is 0.411 e. The highest BCUT2D eigenvalue weighted by Gasteiger charge is 2.33. The molecule has 0 bridgehead atoms. The van der Waals surface area contributed by atoms with E-state index in [1.54, 1.807) is 27.7 Å². The van der Waals surface area contributed by atoms with Crippen molar-refractivity contribution < 1.29 is 19.1 Å². The van der Waals surface area contributed by atoms with Crippen molar-refractivity contribution in [2.45, 2.75) is 52.7 Å². The molecule has 23 heavy (non-hydrogen) atoms. The molecule has 1 unspecified atom stereocenters. The first-order valence-electron chi connectivity index (χ1n) is 7.98. The highest BCUT2D eigenvalue weighted by molar-refractivity contribution is 5.82. The van der Waals surface area contributed by atoms with Crippen LogP contribution in [-0.2, 0) is 20.7 Å². The van der Waals surface area contributed by atoms with Gasteiger partial charge >= 0.3 is 12.1 Å². The number of likely N-dealkylation sites (N-methyl/N-ethyl adjacent to an activating group) is 1. The predicted octanol–water partition coefficient (Wildman–Crippen LogP) is 3.42. The number of ether oxygens (including phenoxy) is 2. The van der Waals surface area contributed by atoms with Crippen LogP contribution in [0.1, 0.15) is 40.2 Å². The minimum absolute atomic E-state index is 0.274. The Kier molecular flexibility index (Phi) is 7.07. The van der Waals surface area contributed by atoms with Gasteiger partial charge in [-0.1, -0.05) is 30.3 Å². The standard InChI is InChI=1S/C18H27NO4/c1-6-19(17(21)23-18(3,4)5)15(16(20)22-7-2)13-14-11-9-8-10-12-14/h8-12,15H,6-7,13H2,1-5H3. The molecule has 0 heterocycles. The van der Waals surface area contributed by atoms with Gasteiger partial charge < -0.3 is 9.47 Å². The fourth-order valence-electron chi connectivity index (χ4n) is 2.19. The first-order chi connectivity index (χ1) is 10.8. The zero-order valence-electron chi connectivity index (χ0n) is 14.7. The smallest absolute Gasteiger partial charge is 0.411 e. The lowest BCUT2D eigenvalue weighted by molar-refractivity contribution is -0.149. The van der Waals surface area contributed by atoms with Gasteiger partial charge in [0.05, 0.1) is 6.61 Å².